The number of carbonyl (C=O) groups excluding carboxylic acids is 2. The SMILES string of the molecule is CCOc1ccc(C(=O)OCC(=O)Nc2cc(C(C)(C)C)no2)cc1OC. The molecule has 146 valence electrons. The molecular weight excluding hydrogens is 352 g/mol. The lowest BCUT2D eigenvalue weighted by atomic mass is 9.92. The molecule has 0 saturated heterocycles. The summed E-state index contributed by atoms with van der Waals surface area (Å²) >= 11 is 0. The van der Waals surface area contributed by atoms with Gasteiger partial charge in [-0.05, 0) is 25.1 Å². The third-order valence-electron chi connectivity index (χ3n) is 3.57. The largest absolute Gasteiger partial charge is 0.493 e. The van der Waals surface area contributed by atoms with Gasteiger partial charge in [-0.25, -0.2) is 4.79 Å². The molecule has 0 aliphatic carbocycles. The van der Waals surface area contributed by atoms with Crippen LogP contribution in [0.1, 0.15) is 43.7 Å². The third-order valence-corrected chi connectivity index (χ3v) is 3.57. The van der Waals surface area contributed by atoms with Gasteiger partial charge in [0.2, 0.25) is 5.88 Å². The lowest BCUT2D eigenvalue weighted by molar-refractivity contribution is -0.119. The molecule has 0 fully saturated rings. The van der Waals surface area contributed by atoms with Crippen LogP contribution in [0.4, 0.5) is 5.88 Å². The molecule has 2 rings (SSSR count). The van der Waals surface area contributed by atoms with Gasteiger partial charge in [-0.3, -0.25) is 10.1 Å². The number of benzene rings is 1. The van der Waals surface area contributed by atoms with Crippen LogP contribution in [-0.2, 0) is 14.9 Å². The summed E-state index contributed by atoms with van der Waals surface area (Å²) < 4.78 is 20.7. The van der Waals surface area contributed by atoms with Crippen molar-refractivity contribution in [3.63, 3.8) is 0 Å². The molecule has 1 aromatic heterocycles. The number of esters is 1. The highest BCUT2D eigenvalue weighted by atomic mass is 16.5. The Morgan fingerprint density at radius 3 is 2.52 bits per heavy atom. The topological polar surface area (TPSA) is 99.9 Å². The minimum absolute atomic E-state index is 0.198. The van der Waals surface area contributed by atoms with Crippen molar-refractivity contribution in [1.82, 2.24) is 5.16 Å². The lowest BCUT2D eigenvalue weighted by Gasteiger charge is -2.12. The second-order valence-electron chi connectivity index (χ2n) is 6.75. The molecule has 0 atom stereocenters. The number of rotatable bonds is 7. The van der Waals surface area contributed by atoms with Gasteiger partial charge in [0.1, 0.15) is 0 Å². The van der Waals surface area contributed by atoms with E-state index in [1.54, 1.807) is 18.2 Å². The lowest BCUT2D eigenvalue weighted by Crippen LogP contribution is -2.20. The molecule has 1 heterocycles. The molecule has 2 aromatic rings. The first-order valence-electron chi connectivity index (χ1n) is 8.49. The van der Waals surface area contributed by atoms with Crippen LogP contribution in [0.25, 0.3) is 0 Å². The van der Waals surface area contributed by atoms with Crippen molar-refractivity contribution in [3.8, 4) is 11.5 Å². The van der Waals surface area contributed by atoms with Crippen molar-refractivity contribution in [3.05, 3.63) is 35.5 Å². The summed E-state index contributed by atoms with van der Waals surface area (Å²) in [5.41, 5.74) is 0.750. The van der Waals surface area contributed by atoms with Gasteiger partial charge in [-0.15, -0.1) is 0 Å². The molecule has 8 heteroatoms. The predicted molar refractivity (Wildman–Crippen MR) is 98.3 cm³/mol. The standard InChI is InChI=1S/C19H24N2O6/c1-6-25-13-8-7-12(9-14(13)24-5)18(23)26-11-16(22)20-17-10-15(21-27-17)19(2,3)4/h7-10H,6,11H2,1-5H3,(H,20,22). The fraction of sp³-hybridized carbons (Fsp3) is 0.421. The Morgan fingerprint density at radius 2 is 1.93 bits per heavy atom. The van der Waals surface area contributed by atoms with Gasteiger partial charge in [0.25, 0.3) is 5.91 Å². The minimum atomic E-state index is -0.653. The molecule has 8 nitrogen and oxygen atoms in total. The van der Waals surface area contributed by atoms with E-state index in [-0.39, 0.29) is 16.9 Å². The van der Waals surface area contributed by atoms with Crippen LogP contribution in [0, 0.1) is 0 Å². The Kier molecular flexibility index (Phi) is 6.44. The molecule has 0 aliphatic rings. The quantitative estimate of drug-likeness (QED) is 0.741. The molecule has 1 N–H and O–H groups in total. The summed E-state index contributed by atoms with van der Waals surface area (Å²) in [5, 5.41) is 6.40. The van der Waals surface area contributed by atoms with E-state index in [1.165, 1.54) is 13.2 Å². The average molecular weight is 376 g/mol. The monoisotopic (exact) mass is 376 g/mol. The predicted octanol–water partition coefficient (Wildman–Crippen LogP) is 3.17. The summed E-state index contributed by atoms with van der Waals surface area (Å²) in [6, 6.07) is 6.29. The highest BCUT2D eigenvalue weighted by Crippen LogP contribution is 2.28. The normalized spacial score (nSPS) is 11.0. The van der Waals surface area contributed by atoms with Crippen molar-refractivity contribution in [2.45, 2.75) is 33.1 Å². The van der Waals surface area contributed by atoms with Crippen LogP contribution in [0.3, 0.4) is 0 Å². The molecular formula is C19H24N2O6. The van der Waals surface area contributed by atoms with E-state index < -0.39 is 18.5 Å². The summed E-state index contributed by atoms with van der Waals surface area (Å²) in [7, 11) is 1.48. The Morgan fingerprint density at radius 1 is 1.19 bits per heavy atom. The van der Waals surface area contributed by atoms with Crippen LogP contribution >= 0.6 is 0 Å². The van der Waals surface area contributed by atoms with Gasteiger partial charge in [0, 0.05) is 11.5 Å². The first-order valence-corrected chi connectivity index (χ1v) is 8.49. The number of aromatic nitrogens is 1. The van der Waals surface area contributed by atoms with E-state index in [1.807, 2.05) is 27.7 Å². The van der Waals surface area contributed by atoms with Gasteiger partial charge in [0.05, 0.1) is 25.0 Å². The molecule has 27 heavy (non-hydrogen) atoms. The average Bonchev–Trinajstić information content (AvgIpc) is 3.09. The zero-order chi connectivity index (χ0) is 20.0. The maximum atomic E-state index is 12.1. The number of hydrogen-bond acceptors (Lipinski definition) is 7. The molecule has 1 aromatic carbocycles. The summed E-state index contributed by atoms with van der Waals surface area (Å²) in [4.78, 5) is 24.1. The Labute approximate surface area is 157 Å². The second-order valence-corrected chi connectivity index (χ2v) is 6.75. The van der Waals surface area contributed by atoms with Gasteiger partial charge >= 0.3 is 5.97 Å². The fourth-order valence-electron chi connectivity index (χ4n) is 2.14. The van der Waals surface area contributed by atoms with Crippen molar-refractivity contribution in [2.24, 2.45) is 0 Å². The third kappa shape index (κ3) is 5.47. The van der Waals surface area contributed by atoms with E-state index in [9.17, 15) is 9.59 Å². The number of nitrogens with one attached hydrogen (secondary N) is 1. The van der Waals surface area contributed by atoms with Crippen molar-refractivity contribution in [2.75, 3.05) is 25.6 Å². The minimum Gasteiger partial charge on any atom is -0.493 e. The number of carbonyl (C=O) groups is 2. The first-order chi connectivity index (χ1) is 12.7. The van der Waals surface area contributed by atoms with Crippen molar-refractivity contribution in [1.29, 1.82) is 0 Å². The summed E-state index contributed by atoms with van der Waals surface area (Å²) in [6.07, 6.45) is 0. The number of amides is 1. The fourth-order valence-corrected chi connectivity index (χ4v) is 2.14. The second kappa shape index (κ2) is 8.57. The van der Waals surface area contributed by atoms with E-state index in [2.05, 4.69) is 10.5 Å². The summed E-state index contributed by atoms with van der Waals surface area (Å²) in [5.74, 6) is -0.0533. The van der Waals surface area contributed by atoms with E-state index in [4.69, 9.17) is 18.7 Å². The van der Waals surface area contributed by atoms with Crippen LogP contribution in [0.15, 0.2) is 28.8 Å². The Bertz CT molecular complexity index is 807. The maximum absolute atomic E-state index is 12.1. The zero-order valence-electron chi connectivity index (χ0n) is 16.1. The molecule has 0 spiro atoms. The van der Waals surface area contributed by atoms with Crippen molar-refractivity contribution >= 4 is 17.8 Å². The van der Waals surface area contributed by atoms with Gasteiger partial charge < -0.3 is 18.7 Å². The smallest absolute Gasteiger partial charge is 0.338 e. The van der Waals surface area contributed by atoms with Gasteiger partial charge in [-0.2, -0.15) is 0 Å². The van der Waals surface area contributed by atoms with E-state index in [0.29, 0.717) is 23.8 Å². The highest BCUT2D eigenvalue weighted by molar-refractivity contribution is 5.95. The number of ether oxygens (including phenoxy) is 3. The van der Waals surface area contributed by atoms with Crippen LogP contribution in [0.5, 0.6) is 11.5 Å². The first kappa shape index (κ1) is 20.3. The van der Waals surface area contributed by atoms with Crippen LogP contribution in [-0.4, -0.2) is 37.4 Å². The molecule has 0 saturated carbocycles. The van der Waals surface area contributed by atoms with Crippen LogP contribution in [0.2, 0.25) is 0 Å². The molecule has 0 bridgehead atoms. The van der Waals surface area contributed by atoms with Crippen LogP contribution < -0.4 is 14.8 Å². The maximum Gasteiger partial charge on any atom is 0.338 e. The molecule has 1 amide bonds. The highest BCUT2D eigenvalue weighted by Gasteiger charge is 2.20. The van der Waals surface area contributed by atoms with E-state index >= 15 is 0 Å². The van der Waals surface area contributed by atoms with Crippen molar-refractivity contribution < 1.29 is 28.3 Å². The summed E-state index contributed by atoms with van der Waals surface area (Å²) in [6.45, 7) is 7.79. The van der Waals surface area contributed by atoms with Gasteiger partial charge in [-0.1, -0.05) is 25.9 Å². The zero-order valence-corrected chi connectivity index (χ0v) is 16.1. The molecule has 0 radical (unpaired) electrons. The number of anilines is 1. The number of nitrogens with zero attached hydrogens (tertiary/aromatic N) is 1. The number of methoxy groups -OCH3 is 1. The Hall–Kier alpha value is -3.03. The number of hydrogen-bond donors (Lipinski definition) is 1. The molecule has 0 aliphatic heterocycles. The Balaban J connectivity index is 1.93. The van der Waals surface area contributed by atoms with E-state index in [0.717, 1.165) is 0 Å². The van der Waals surface area contributed by atoms with Gasteiger partial charge in [0.15, 0.2) is 18.1 Å². The molecule has 0 unspecified atom stereocenters.